The zero-order chi connectivity index (χ0) is 18.1. The Kier molecular flexibility index (Phi) is 7.65. The van der Waals surface area contributed by atoms with Crippen molar-refractivity contribution in [2.24, 2.45) is 5.41 Å². The van der Waals surface area contributed by atoms with Crippen LogP contribution in [-0.2, 0) is 0 Å². The van der Waals surface area contributed by atoms with E-state index in [1.54, 1.807) is 25.0 Å². The Balaban J connectivity index is 2.46. The van der Waals surface area contributed by atoms with Crippen LogP contribution in [0.5, 0.6) is 0 Å². The lowest BCUT2D eigenvalue weighted by molar-refractivity contribution is -0.0408. The second kappa shape index (κ2) is 9.73. The Morgan fingerprint density at radius 2 is 1.28 bits per heavy atom. The van der Waals surface area contributed by atoms with Crippen molar-refractivity contribution in [2.45, 2.75) is 64.5 Å². The van der Waals surface area contributed by atoms with Crippen LogP contribution in [0.25, 0.3) is 0 Å². The molecule has 0 amide bonds. The molecule has 2 rings (SSSR count). The topological polar surface area (TPSA) is 76.1 Å². The number of rotatable bonds is 12. The van der Waals surface area contributed by atoms with Gasteiger partial charge in [0, 0.05) is 36.9 Å². The summed E-state index contributed by atoms with van der Waals surface area (Å²) in [5, 5.41) is 21.0. The molecule has 25 heavy (non-hydrogen) atoms. The monoisotopic (exact) mass is 348 g/mol. The Hall–Kier alpha value is -1.66. The summed E-state index contributed by atoms with van der Waals surface area (Å²) in [6.07, 6.45) is 17.0. The summed E-state index contributed by atoms with van der Waals surface area (Å²) in [7, 11) is 0. The zero-order valence-corrected chi connectivity index (χ0v) is 15.5. The Morgan fingerprint density at radius 3 is 1.56 bits per heavy atom. The van der Waals surface area contributed by atoms with Gasteiger partial charge < -0.3 is 19.3 Å². The highest BCUT2D eigenvalue weighted by atomic mass is 16.3. The average molecular weight is 348 g/mol. The standard InChI is InChI=1S/C19H32N4O2/c1-3-5-7-17(22-11-9-20-15-22)19(13-24,14-25)18(8-6-4-2)23-12-10-21-16-23/h9-12,15-18,24-25H,3-8,13-14H2,1-2H3. The number of imidazole rings is 2. The van der Waals surface area contributed by atoms with Crippen molar-refractivity contribution < 1.29 is 10.2 Å². The van der Waals surface area contributed by atoms with Crippen molar-refractivity contribution in [1.29, 1.82) is 0 Å². The molecule has 0 saturated heterocycles. The SMILES string of the molecule is CCCCC(n1ccnc1)C(CO)(CO)C(CCCC)n1ccnc1. The summed E-state index contributed by atoms with van der Waals surface area (Å²) in [5.41, 5.74) is -0.675. The van der Waals surface area contributed by atoms with Gasteiger partial charge in [-0.15, -0.1) is 0 Å². The predicted octanol–water partition coefficient (Wildman–Crippen LogP) is 3.21. The van der Waals surface area contributed by atoms with Crippen molar-refractivity contribution in [3.63, 3.8) is 0 Å². The quantitative estimate of drug-likeness (QED) is 0.617. The molecule has 2 aromatic heterocycles. The molecule has 0 radical (unpaired) electrons. The molecule has 2 aromatic rings. The molecule has 2 N–H and O–H groups in total. The smallest absolute Gasteiger partial charge is 0.0948 e. The molecule has 2 atom stereocenters. The first kappa shape index (κ1) is 19.7. The third kappa shape index (κ3) is 4.30. The fourth-order valence-corrected chi connectivity index (χ4v) is 3.86. The van der Waals surface area contributed by atoms with Gasteiger partial charge in [-0.2, -0.15) is 0 Å². The normalized spacial score (nSPS) is 14.6. The second-order valence-corrected chi connectivity index (χ2v) is 6.89. The first-order chi connectivity index (χ1) is 12.2. The Labute approximate surface area is 150 Å². The minimum Gasteiger partial charge on any atom is -0.396 e. The molecule has 0 aliphatic rings. The highest BCUT2D eigenvalue weighted by molar-refractivity contribution is 5.01. The van der Waals surface area contributed by atoms with Crippen LogP contribution < -0.4 is 0 Å². The Morgan fingerprint density at radius 1 is 0.840 bits per heavy atom. The first-order valence-corrected chi connectivity index (χ1v) is 9.40. The molecular weight excluding hydrogens is 316 g/mol. The van der Waals surface area contributed by atoms with Crippen molar-refractivity contribution in [3.8, 4) is 0 Å². The van der Waals surface area contributed by atoms with Gasteiger partial charge >= 0.3 is 0 Å². The van der Waals surface area contributed by atoms with E-state index < -0.39 is 5.41 Å². The van der Waals surface area contributed by atoms with Gasteiger partial charge in [0.05, 0.1) is 31.3 Å². The molecule has 0 spiro atoms. The van der Waals surface area contributed by atoms with Gasteiger partial charge in [-0.25, -0.2) is 9.97 Å². The van der Waals surface area contributed by atoms with Crippen LogP contribution in [0, 0.1) is 5.41 Å². The maximum absolute atomic E-state index is 10.5. The molecular formula is C19H32N4O2. The molecule has 6 nitrogen and oxygen atoms in total. The van der Waals surface area contributed by atoms with Gasteiger partial charge in [-0.1, -0.05) is 39.5 Å². The average Bonchev–Trinajstić information content (AvgIpc) is 3.34. The number of hydrogen-bond acceptors (Lipinski definition) is 4. The summed E-state index contributed by atoms with van der Waals surface area (Å²) in [6.45, 7) is 4.16. The van der Waals surface area contributed by atoms with E-state index in [0.717, 1.165) is 38.5 Å². The molecule has 0 fully saturated rings. The molecule has 0 aliphatic heterocycles. The highest BCUT2D eigenvalue weighted by Crippen LogP contribution is 2.46. The lowest BCUT2D eigenvalue weighted by Gasteiger charge is -2.45. The largest absolute Gasteiger partial charge is 0.396 e. The fraction of sp³-hybridized carbons (Fsp3) is 0.684. The van der Waals surface area contributed by atoms with Crippen LogP contribution in [0.1, 0.15) is 64.5 Å². The summed E-state index contributed by atoms with van der Waals surface area (Å²) in [6, 6.07) is -0.0385. The number of hydrogen-bond donors (Lipinski definition) is 2. The minimum absolute atomic E-state index is 0.0193. The van der Waals surface area contributed by atoms with Crippen LogP contribution in [0.3, 0.4) is 0 Å². The maximum Gasteiger partial charge on any atom is 0.0948 e. The van der Waals surface area contributed by atoms with Gasteiger partial charge in [0.25, 0.3) is 0 Å². The fourth-order valence-electron chi connectivity index (χ4n) is 3.86. The van der Waals surface area contributed by atoms with E-state index in [0.29, 0.717) is 0 Å². The van der Waals surface area contributed by atoms with Crippen molar-refractivity contribution >= 4 is 0 Å². The van der Waals surface area contributed by atoms with E-state index in [9.17, 15) is 10.2 Å². The van der Waals surface area contributed by atoms with E-state index >= 15 is 0 Å². The lowest BCUT2D eigenvalue weighted by Crippen LogP contribution is -2.46. The van der Waals surface area contributed by atoms with Gasteiger partial charge in [-0.05, 0) is 12.8 Å². The molecule has 2 unspecified atom stereocenters. The molecule has 0 bridgehead atoms. The number of aliphatic hydroxyl groups excluding tert-OH is 2. The Bertz CT molecular complexity index is 516. The number of nitrogens with zero attached hydrogens (tertiary/aromatic N) is 4. The van der Waals surface area contributed by atoms with Crippen LogP contribution in [0.15, 0.2) is 37.4 Å². The number of aromatic nitrogens is 4. The van der Waals surface area contributed by atoms with Gasteiger partial charge in [0.2, 0.25) is 0 Å². The van der Waals surface area contributed by atoms with Crippen LogP contribution in [0.4, 0.5) is 0 Å². The van der Waals surface area contributed by atoms with Crippen LogP contribution >= 0.6 is 0 Å². The van der Waals surface area contributed by atoms with Gasteiger partial charge in [-0.3, -0.25) is 0 Å². The molecule has 6 heteroatoms. The van der Waals surface area contributed by atoms with E-state index in [-0.39, 0.29) is 25.3 Å². The second-order valence-electron chi connectivity index (χ2n) is 6.89. The minimum atomic E-state index is -0.675. The van der Waals surface area contributed by atoms with E-state index in [1.807, 2.05) is 12.4 Å². The van der Waals surface area contributed by atoms with Gasteiger partial charge in [0.1, 0.15) is 0 Å². The van der Waals surface area contributed by atoms with Crippen molar-refractivity contribution in [2.75, 3.05) is 13.2 Å². The zero-order valence-electron chi connectivity index (χ0n) is 15.5. The van der Waals surface area contributed by atoms with E-state index in [4.69, 9.17) is 0 Å². The van der Waals surface area contributed by atoms with Crippen molar-refractivity contribution in [1.82, 2.24) is 19.1 Å². The van der Waals surface area contributed by atoms with E-state index in [1.165, 1.54) is 0 Å². The number of aliphatic hydroxyl groups is 2. The predicted molar refractivity (Wildman–Crippen MR) is 98.2 cm³/mol. The third-order valence-corrected chi connectivity index (χ3v) is 5.35. The van der Waals surface area contributed by atoms with Crippen molar-refractivity contribution in [3.05, 3.63) is 37.4 Å². The lowest BCUT2D eigenvalue weighted by atomic mass is 9.71. The summed E-state index contributed by atoms with van der Waals surface area (Å²) in [4.78, 5) is 8.40. The first-order valence-electron chi connectivity index (χ1n) is 9.40. The summed E-state index contributed by atoms with van der Waals surface area (Å²) >= 11 is 0. The summed E-state index contributed by atoms with van der Waals surface area (Å²) < 4.78 is 4.11. The third-order valence-electron chi connectivity index (χ3n) is 5.35. The highest BCUT2D eigenvalue weighted by Gasteiger charge is 2.46. The molecule has 0 aliphatic carbocycles. The molecule has 140 valence electrons. The molecule has 2 heterocycles. The van der Waals surface area contributed by atoms with Crippen LogP contribution in [0.2, 0.25) is 0 Å². The van der Waals surface area contributed by atoms with Gasteiger partial charge in [0.15, 0.2) is 0 Å². The van der Waals surface area contributed by atoms with E-state index in [2.05, 4.69) is 32.9 Å². The van der Waals surface area contributed by atoms with Crippen LogP contribution in [-0.4, -0.2) is 42.5 Å². The molecule has 0 saturated carbocycles. The summed E-state index contributed by atoms with van der Waals surface area (Å²) in [5.74, 6) is 0. The molecule has 0 aromatic carbocycles. The maximum atomic E-state index is 10.5. The number of unbranched alkanes of at least 4 members (excludes halogenated alkanes) is 2.